The number of nitrogens with zero attached hydrogens (tertiary/aromatic N) is 1. The van der Waals surface area contributed by atoms with Crippen LogP contribution in [-0.4, -0.2) is 12.0 Å². The summed E-state index contributed by atoms with van der Waals surface area (Å²) in [4.78, 5) is 4.16. The van der Waals surface area contributed by atoms with E-state index in [0.29, 0.717) is 12.5 Å². The van der Waals surface area contributed by atoms with Crippen molar-refractivity contribution in [3.63, 3.8) is 0 Å². The first kappa shape index (κ1) is 10.3. The third kappa shape index (κ3) is 3.19. The van der Waals surface area contributed by atoms with Crippen LogP contribution in [0, 0.1) is 5.92 Å². The highest BCUT2D eigenvalue weighted by Gasteiger charge is 2.06. The van der Waals surface area contributed by atoms with Gasteiger partial charge in [0.05, 0.1) is 12.7 Å². The molecule has 74 valence electrons. The molecule has 0 aliphatic rings. The zero-order valence-corrected chi connectivity index (χ0v) is 8.63. The van der Waals surface area contributed by atoms with Gasteiger partial charge in [-0.25, -0.2) is 4.98 Å². The monoisotopic (exact) mass is 182 g/mol. The highest BCUT2D eigenvalue weighted by Crippen LogP contribution is 2.12. The lowest BCUT2D eigenvalue weighted by molar-refractivity contribution is 0.412. The van der Waals surface area contributed by atoms with Gasteiger partial charge in [0.2, 0.25) is 5.89 Å². The molecule has 0 saturated carbocycles. The molecule has 3 nitrogen and oxygen atoms in total. The van der Waals surface area contributed by atoms with Crippen molar-refractivity contribution in [2.75, 3.05) is 7.05 Å². The van der Waals surface area contributed by atoms with Gasteiger partial charge in [0.15, 0.2) is 0 Å². The van der Waals surface area contributed by atoms with Crippen molar-refractivity contribution in [1.29, 1.82) is 0 Å². The Labute approximate surface area is 79.5 Å². The van der Waals surface area contributed by atoms with E-state index in [1.807, 2.05) is 13.2 Å². The first-order valence-electron chi connectivity index (χ1n) is 4.84. The van der Waals surface area contributed by atoms with Crippen molar-refractivity contribution in [3.8, 4) is 0 Å². The second-order valence-corrected chi connectivity index (χ2v) is 3.47. The Bertz CT molecular complexity index is 245. The van der Waals surface area contributed by atoms with Crippen molar-refractivity contribution in [1.82, 2.24) is 10.3 Å². The molecule has 1 atom stereocenters. The van der Waals surface area contributed by atoms with Crippen LogP contribution in [-0.2, 0) is 13.0 Å². The van der Waals surface area contributed by atoms with Crippen molar-refractivity contribution in [3.05, 3.63) is 17.8 Å². The second kappa shape index (κ2) is 5.02. The number of hydrogen-bond donors (Lipinski definition) is 1. The van der Waals surface area contributed by atoms with Gasteiger partial charge in [0.25, 0.3) is 0 Å². The van der Waals surface area contributed by atoms with E-state index in [2.05, 4.69) is 24.1 Å². The number of aromatic nitrogens is 1. The predicted octanol–water partition coefficient (Wildman–Crippen LogP) is 1.98. The van der Waals surface area contributed by atoms with Crippen molar-refractivity contribution < 1.29 is 4.42 Å². The van der Waals surface area contributed by atoms with E-state index in [0.717, 1.165) is 18.1 Å². The molecule has 1 rings (SSSR count). The van der Waals surface area contributed by atoms with E-state index in [1.54, 1.807) is 0 Å². The minimum absolute atomic E-state index is 0.676. The summed E-state index contributed by atoms with van der Waals surface area (Å²) < 4.78 is 5.52. The fraction of sp³-hybridized carbons (Fsp3) is 0.700. The van der Waals surface area contributed by atoms with Gasteiger partial charge < -0.3 is 9.73 Å². The Kier molecular flexibility index (Phi) is 3.96. The molecule has 3 heteroatoms. The summed E-state index contributed by atoms with van der Waals surface area (Å²) in [6, 6.07) is 0. The molecule has 0 radical (unpaired) electrons. The van der Waals surface area contributed by atoms with Crippen LogP contribution in [0.3, 0.4) is 0 Å². The predicted molar refractivity (Wildman–Crippen MR) is 52.4 cm³/mol. The average molecular weight is 182 g/mol. The maximum atomic E-state index is 5.52. The standard InChI is InChI=1S/C10H18N2O/c1-4-8(2)5-9-6-12-10(13-9)7-11-3/h6,8,11H,4-5,7H2,1-3H3. The number of nitrogens with one attached hydrogen (secondary N) is 1. The zero-order valence-electron chi connectivity index (χ0n) is 8.63. The molecular formula is C10H18N2O. The third-order valence-electron chi connectivity index (χ3n) is 2.18. The second-order valence-electron chi connectivity index (χ2n) is 3.47. The van der Waals surface area contributed by atoms with Gasteiger partial charge in [0, 0.05) is 6.42 Å². The SMILES string of the molecule is CCC(C)Cc1cnc(CNC)o1. The van der Waals surface area contributed by atoms with Gasteiger partial charge in [-0.2, -0.15) is 0 Å². The van der Waals surface area contributed by atoms with E-state index in [-0.39, 0.29) is 0 Å². The van der Waals surface area contributed by atoms with Gasteiger partial charge in [-0.1, -0.05) is 20.3 Å². The Hall–Kier alpha value is -0.830. The summed E-state index contributed by atoms with van der Waals surface area (Å²) in [5.41, 5.74) is 0. The maximum absolute atomic E-state index is 5.52. The highest BCUT2D eigenvalue weighted by atomic mass is 16.4. The number of hydrogen-bond acceptors (Lipinski definition) is 3. The van der Waals surface area contributed by atoms with Crippen LogP contribution in [0.1, 0.15) is 31.9 Å². The van der Waals surface area contributed by atoms with Crippen LogP contribution in [0.15, 0.2) is 10.6 Å². The molecule has 0 aromatic carbocycles. The van der Waals surface area contributed by atoms with Gasteiger partial charge in [0.1, 0.15) is 5.76 Å². The Morgan fingerprint density at radius 2 is 2.38 bits per heavy atom. The molecule has 1 N–H and O–H groups in total. The lowest BCUT2D eigenvalue weighted by Crippen LogP contribution is -2.04. The minimum Gasteiger partial charge on any atom is -0.444 e. The Balaban J connectivity index is 2.48. The summed E-state index contributed by atoms with van der Waals surface area (Å²) in [7, 11) is 1.89. The fourth-order valence-electron chi connectivity index (χ4n) is 1.16. The molecule has 0 aliphatic carbocycles. The van der Waals surface area contributed by atoms with E-state index < -0.39 is 0 Å². The molecule has 0 amide bonds. The number of rotatable bonds is 5. The van der Waals surface area contributed by atoms with Crippen LogP contribution in [0.2, 0.25) is 0 Å². The molecular weight excluding hydrogens is 164 g/mol. The van der Waals surface area contributed by atoms with Gasteiger partial charge in [-0.15, -0.1) is 0 Å². The van der Waals surface area contributed by atoms with Gasteiger partial charge >= 0.3 is 0 Å². The fourth-order valence-corrected chi connectivity index (χ4v) is 1.16. The lowest BCUT2D eigenvalue weighted by atomic mass is 10.0. The van der Waals surface area contributed by atoms with Gasteiger partial charge in [-0.05, 0) is 13.0 Å². The molecule has 1 aromatic heterocycles. The Morgan fingerprint density at radius 1 is 1.62 bits per heavy atom. The van der Waals surface area contributed by atoms with E-state index in [4.69, 9.17) is 4.42 Å². The molecule has 13 heavy (non-hydrogen) atoms. The van der Waals surface area contributed by atoms with E-state index in [9.17, 15) is 0 Å². The normalized spacial score (nSPS) is 13.2. The Morgan fingerprint density at radius 3 is 3.00 bits per heavy atom. The highest BCUT2D eigenvalue weighted by molar-refractivity contribution is 4.95. The molecule has 0 bridgehead atoms. The van der Waals surface area contributed by atoms with Crippen molar-refractivity contribution in [2.24, 2.45) is 5.92 Å². The minimum atomic E-state index is 0.676. The average Bonchev–Trinajstić information content (AvgIpc) is 2.53. The summed E-state index contributed by atoms with van der Waals surface area (Å²) in [6.07, 6.45) is 4.01. The molecule has 1 unspecified atom stereocenters. The topological polar surface area (TPSA) is 38.1 Å². The van der Waals surface area contributed by atoms with Crippen molar-refractivity contribution >= 4 is 0 Å². The van der Waals surface area contributed by atoms with Crippen LogP contribution in [0.4, 0.5) is 0 Å². The third-order valence-corrected chi connectivity index (χ3v) is 2.18. The summed E-state index contributed by atoms with van der Waals surface area (Å²) >= 11 is 0. The summed E-state index contributed by atoms with van der Waals surface area (Å²) in [5.74, 6) is 2.45. The lowest BCUT2D eigenvalue weighted by Gasteiger charge is -2.03. The maximum Gasteiger partial charge on any atom is 0.208 e. The van der Waals surface area contributed by atoms with Crippen LogP contribution in [0.5, 0.6) is 0 Å². The van der Waals surface area contributed by atoms with Crippen molar-refractivity contribution in [2.45, 2.75) is 33.2 Å². The summed E-state index contributed by atoms with van der Waals surface area (Å²) in [6.45, 7) is 5.12. The van der Waals surface area contributed by atoms with Crippen LogP contribution >= 0.6 is 0 Å². The van der Waals surface area contributed by atoms with Crippen LogP contribution in [0.25, 0.3) is 0 Å². The molecule has 0 fully saturated rings. The zero-order chi connectivity index (χ0) is 9.68. The molecule has 0 aliphatic heterocycles. The molecule has 1 heterocycles. The number of oxazole rings is 1. The van der Waals surface area contributed by atoms with E-state index >= 15 is 0 Å². The summed E-state index contributed by atoms with van der Waals surface area (Å²) in [5, 5.41) is 3.01. The van der Waals surface area contributed by atoms with E-state index in [1.165, 1.54) is 6.42 Å². The molecule has 1 aromatic rings. The quantitative estimate of drug-likeness (QED) is 0.756. The van der Waals surface area contributed by atoms with Crippen LogP contribution < -0.4 is 5.32 Å². The van der Waals surface area contributed by atoms with Gasteiger partial charge in [-0.3, -0.25) is 0 Å². The first-order valence-corrected chi connectivity index (χ1v) is 4.84. The smallest absolute Gasteiger partial charge is 0.208 e. The molecule has 0 spiro atoms. The first-order chi connectivity index (χ1) is 6.26. The molecule has 0 saturated heterocycles. The largest absolute Gasteiger partial charge is 0.444 e.